The summed E-state index contributed by atoms with van der Waals surface area (Å²) >= 11 is 3.37. The molecule has 14 heavy (non-hydrogen) atoms. The minimum atomic E-state index is 0.770. The third kappa shape index (κ3) is 2.12. The van der Waals surface area contributed by atoms with Gasteiger partial charge in [0.05, 0.1) is 4.47 Å². The average Bonchev–Trinajstić information content (AvgIpc) is 2.23. The molecule has 2 nitrogen and oxygen atoms in total. The average molecular weight is 250 g/mol. The Hall–Kier alpha value is -1.35. The lowest BCUT2D eigenvalue weighted by Gasteiger charge is -2.05. The van der Waals surface area contributed by atoms with Crippen molar-refractivity contribution >= 4 is 15.9 Å². The second-order valence-electron chi connectivity index (χ2n) is 2.72. The largest absolute Gasteiger partial charge is 0.456 e. The van der Waals surface area contributed by atoms with Crippen LogP contribution in [0.5, 0.6) is 11.5 Å². The van der Waals surface area contributed by atoms with Crippen molar-refractivity contribution in [1.82, 2.24) is 4.98 Å². The molecule has 0 aliphatic rings. The molecule has 0 N–H and O–H groups in total. The van der Waals surface area contributed by atoms with Crippen molar-refractivity contribution in [1.29, 1.82) is 0 Å². The van der Waals surface area contributed by atoms with Gasteiger partial charge in [-0.05, 0) is 28.1 Å². The first-order valence-corrected chi connectivity index (χ1v) is 4.98. The van der Waals surface area contributed by atoms with Crippen LogP contribution in [0.4, 0.5) is 0 Å². The van der Waals surface area contributed by atoms with Crippen molar-refractivity contribution in [2.75, 3.05) is 0 Å². The van der Waals surface area contributed by atoms with Crippen LogP contribution in [0.2, 0.25) is 0 Å². The van der Waals surface area contributed by atoms with Crippen LogP contribution in [-0.4, -0.2) is 4.98 Å². The molecule has 0 saturated carbocycles. The summed E-state index contributed by atoms with van der Waals surface area (Å²) in [4.78, 5) is 3.96. The standard InChI is InChI=1S/C11H8BrNO/c12-10-8-13-7-6-11(10)14-9-4-2-1-3-5-9/h1-8H. The van der Waals surface area contributed by atoms with Gasteiger partial charge in [0.1, 0.15) is 11.5 Å². The number of halogens is 1. The number of rotatable bonds is 2. The molecule has 0 unspecified atom stereocenters. The zero-order chi connectivity index (χ0) is 9.80. The molecule has 1 heterocycles. The predicted molar refractivity (Wildman–Crippen MR) is 58.5 cm³/mol. The van der Waals surface area contributed by atoms with E-state index >= 15 is 0 Å². The SMILES string of the molecule is Brc1cnccc1Oc1ccccc1. The van der Waals surface area contributed by atoms with Crippen LogP contribution in [0, 0.1) is 0 Å². The van der Waals surface area contributed by atoms with Gasteiger partial charge in [0.25, 0.3) is 0 Å². The Morgan fingerprint density at radius 2 is 1.86 bits per heavy atom. The van der Waals surface area contributed by atoms with Crippen molar-refractivity contribution < 1.29 is 4.74 Å². The number of hydrogen-bond acceptors (Lipinski definition) is 2. The minimum Gasteiger partial charge on any atom is -0.456 e. The van der Waals surface area contributed by atoms with E-state index in [-0.39, 0.29) is 0 Å². The summed E-state index contributed by atoms with van der Waals surface area (Å²) in [6, 6.07) is 11.5. The molecule has 0 aliphatic carbocycles. The molecule has 1 aromatic carbocycles. The van der Waals surface area contributed by atoms with E-state index in [2.05, 4.69) is 20.9 Å². The van der Waals surface area contributed by atoms with E-state index in [9.17, 15) is 0 Å². The fourth-order valence-electron chi connectivity index (χ4n) is 1.06. The normalized spacial score (nSPS) is 9.79. The molecule has 3 heteroatoms. The van der Waals surface area contributed by atoms with E-state index in [1.165, 1.54) is 0 Å². The molecule has 2 aromatic rings. The molecule has 70 valence electrons. The van der Waals surface area contributed by atoms with Crippen LogP contribution < -0.4 is 4.74 Å². The Kier molecular flexibility index (Phi) is 2.79. The smallest absolute Gasteiger partial charge is 0.144 e. The highest BCUT2D eigenvalue weighted by Crippen LogP contribution is 2.27. The maximum Gasteiger partial charge on any atom is 0.144 e. The third-order valence-electron chi connectivity index (χ3n) is 1.71. The van der Waals surface area contributed by atoms with Crippen LogP contribution >= 0.6 is 15.9 Å². The minimum absolute atomic E-state index is 0.770. The monoisotopic (exact) mass is 249 g/mol. The summed E-state index contributed by atoms with van der Waals surface area (Å²) in [5.74, 6) is 1.59. The van der Waals surface area contributed by atoms with Gasteiger partial charge >= 0.3 is 0 Å². The molecule has 0 fully saturated rings. The van der Waals surface area contributed by atoms with Crippen molar-refractivity contribution in [2.45, 2.75) is 0 Å². The van der Waals surface area contributed by atoms with E-state index in [4.69, 9.17) is 4.74 Å². The number of benzene rings is 1. The number of para-hydroxylation sites is 1. The predicted octanol–water partition coefficient (Wildman–Crippen LogP) is 3.64. The summed E-state index contributed by atoms with van der Waals surface area (Å²) in [6.07, 6.45) is 3.40. The van der Waals surface area contributed by atoms with E-state index in [1.54, 1.807) is 12.4 Å². The second kappa shape index (κ2) is 4.24. The van der Waals surface area contributed by atoms with E-state index in [0.717, 1.165) is 16.0 Å². The van der Waals surface area contributed by atoms with Crippen LogP contribution in [0.25, 0.3) is 0 Å². The summed E-state index contributed by atoms with van der Waals surface area (Å²) in [7, 11) is 0. The number of nitrogens with zero attached hydrogens (tertiary/aromatic N) is 1. The third-order valence-corrected chi connectivity index (χ3v) is 2.30. The van der Waals surface area contributed by atoms with Crippen LogP contribution in [0.15, 0.2) is 53.3 Å². The number of hydrogen-bond donors (Lipinski definition) is 0. The van der Waals surface area contributed by atoms with Crippen LogP contribution in [0.1, 0.15) is 0 Å². The zero-order valence-corrected chi connectivity index (χ0v) is 8.94. The highest BCUT2D eigenvalue weighted by atomic mass is 79.9. The Labute approximate surface area is 90.7 Å². The lowest BCUT2D eigenvalue weighted by Crippen LogP contribution is -1.85. The van der Waals surface area contributed by atoms with Gasteiger partial charge in [-0.15, -0.1) is 0 Å². The summed E-state index contributed by atoms with van der Waals surface area (Å²) in [6.45, 7) is 0. The molecule has 0 spiro atoms. The topological polar surface area (TPSA) is 22.1 Å². The zero-order valence-electron chi connectivity index (χ0n) is 7.35. The van der Waals surface area contributed by atoms with Gasteiger partial charge < -0.3 is 4.74 Å². The van der Waals surface area contributed by atoms with Gasteiger partial charge in [-0.2, -0.15) is 0 Å². The first-order chi connectivity index (χ1) is 6.86. The molecule has 2 rings (SSSR count). The van der Waals surface area contributed by atoms with Gasteiger partial charge in [-0.3, -0.25) is 4.98 Å². The van der Waals surface area contributed by atoms with E-state index in [0.29, 0.717) is 0 Å². The number of pyridine rings is 1. The highest BCUT2D eigenvalue weighted by molar-refractivity contribution is 9.10. The summed E-state index contributed by atoms with van der Waals surface area (Å²) in [5.41, 5.74) is 0. The van der Waals surface area contributed by atoms with Gasteiger partial charge in [0.2, 0.25) is 0 Å². The Morgan fingerprint density at radius 3 is 2.57 bits per heavy atom. The van der Waals surface area contributed by atoms with Gasteiger partial charge in [-0.1, -0.05) is 18.2 Å². The molecule has 0 amide bonds. The fraction of sp³-hybridized carbons (Fsp3) is 0. The second-order valence-corrected chi connectivity index (χ2v) is 3.58. The molecule has 1 aromatic heterocycles. The quantitative estimate of drug-likeness (QED) is 0.811. The van der Waals surface area contributed by atoms with E-state index < -0.39 is 0 Å². The summed E-state index contributed by atoms with van der Waals surface area (Å²) in [5, 5.41) is 0. The first-order valence-electron chi connectivity index (χ1n) is 4.18. The first kappa shape index (κ1) is 9.21. The molecular formula is C11H8BrNO. The van der Waals surface area contributed by atoms with Gasteiger partial charge in [-0.25, -0.2) is 0 Å². The Bertz CT molecular complexity index is 417. The Balaban J connectivity index is 2.24. The van der Waals surface area contributed by atoms with Crippen molar-refractivity contribution in [3.63, 3.8) is 0 Å². The van der Waals surface area contributed by atoms with Crippen LogP contribution in [0.3, 0.4) is 0 Å². The maximum atomic E-state index is 5.62. The van der Waals surface area contributed by atoms with Crippen molar-refractivity contribution in [3.05, 3.63) is 53.3 Å². The fourth-order valence-corrected chi connectivity index (χ4v) is 1.39. The molecule has 0 radical (unpaired) electrons. The molecule has 0 bridgehead atoms. The van der Waals surface area contributed by atoms with Crippen molar-refractivity contribution in [3.8, 4) is 11.5 Å². The molecular weight excluding hydrogens is 242 g/mol. The number of aromatic nitrogens is 1. The number of ether oxygens (including phenoxy) is 1. The molecule has 0 aliphatic heterocycles. The highest BCUT2D eigenvalue weighted by Gasteiger charge is 2.00. The maximum absolute atomic E-state index is 5.62. The van der Waals surface area contributed by atoms with Gasteiger partial charge in [0.15, 0.2) is 0 Å². The molecule has 0 saturated heterocycles. The lowest BCUT2D eigenvalue weighted by atomic mass is 10.3. The van der Waals surface area contributed by atoms with E-state index in [1.807, 2.05) is 36.4 Å². The molecule has 0 atom stereocenters. The van der Waals surface area contributed by atoms with Gasteiger partial charge in [0, 0.05) is 18.5 Å². The Morgan fingerprint density at radius 1 is 1.07 bits per heavy atom. The van der Waals surface area contributed by atoms with Crippen molar-refractivity contribution in [2.24, 2.45) is 0 Å². The summed E-state index contributed by atoms with van der Waals surface area (Å²) < 4.78 is 6.47. The lowest BCUT2D eigenvalue weighted by molar-refractivity contribution is 0.479. The van der Waals surface area contributed by atoms with Crippen LogP contribution in [-0.2, 0) is 0 Å².